The van der Waals surface area contributed by atoms with Gasteiger partial charge in [0.1, 0.15) is 18.7 Å². The van der Waals surface area contributed by atoms with Crippen molar-refractivity contribution < 1.29 is 5.12 Å². The summed E-state index contributed by atoms with van der Waals surface area (Å²) in [4.78, 5) is 4.10. The molecule has 2 aliphatic rings. The van der Waals surface area contributed by atoms with E-state index >= 15 is 0 Å². The Labute approximate surface area is 123 Å². The Kier molecular flexibility index (Phi) is 3.41. The van der Waals surface area contributed by atoms with Crippen molar-refractivity contribution in [2.75, 3.05) is 6.54 Å². The average molecular weight is 283 g/mol. The Morgan fingerprint density at radius 1 is 1.43 bits per heavy atom. The molecule has 0 amide bonds. The first-order valence-electron chi connectivity index (χ1n) is 6.67. The van der Waals surface area contributed by atoms with Crippen LogP contribution in [0.4, 0.5) is 0 Å². The van der Waals surface area contributed by atoms with Crippen molar-refractivity contribution in [2.24, 2.45) is 5.10 Å². The van der Waals surface area contributed by atoms with Gasteiger partial charge in [-0.2, -0.15) is 10.1 Å². The minimum absolute atomic E-state index is 0.632. The third-order valence-electron chi connectivity index (χ3n) is 3.29. The van der Waals surface area contributed by atoms with E-state index in [0.717, 1.165) is 22.4 Å². The van der Waals surface area contributed by atoms with Crippen LogP contribution in [-0.4, -0.2) is 32.2 Å². The molecule has 1 aromatic heterocycles. The quantitative estimate of drug-likeness (QED) is 0.831. The molecule has 0 radical (unpaired) electrons. The normalized spacial score (nSPS) is 20.8. The summed E-state index contributed by atoms with van der Waals surface area (Å²) in [6.45, 7) is 8.45. The molecule has 1 aromatic rings. The van der Waals surface area contributed by atoms with Crippen molar-refractivity contribution in [3.05, 3.63) is 59.8 Å². The van der Waals surface area contributed by atoms with Crippen LogP contribution in [0.2, 0.25) is 0 Å². The van der Waals surface area contributed by atoms with Crippen LogP contribution >= 0.6 is 0 Å². The van der Waals surface area contributed by atoms with Gasteiger partial charge in [0, 0.05) is 11.8 Å². The highest BCUT2D eigenvalue weighted by atomic mass is 15.9. The molecule has 108 valence electrons. The number of aromatic nitrogens is 3. The van der Waals surface area contributed by atoms with Gasteiger partial charge in [0.05, 0.1) is 6.20 Å². The van der Waals surface area contributed by atoms with Crippen LogP contribution in [0.5, 0.6) is 0 Å². The highest BCUT2D eigenvalue weighted by Gasteiger charge is 2.22. The SMILES string of the molecule is C=C/C(=C\n1ncnc1C)C[NH+]1[N-]N=C2C=CC(C)=CN21. The standard InChI is InChI=1S/C14H17N7/c1-4-13(8-19-12(3)15-10-16-19)9-21-18-17-14-6-5-11(2)7-20(14)21/h4-8,10,21H,1,9H2,2-3H3/b13-8+. The van der Waals surface area contributed by atoms with E-state index < -0.39 is 0 Å². The summed E-state index contributed by atoms with van der Waals surface area (Å²) in [6, 6.07) is 0. The molecular weight excluding hydrogens is 266 g/mol. The van der Waals surface area contributed by atoms with Crippen molar-refractivity contribution >= 4 is 12.0 Å². The number of nitrogens with one attached hydrogen (secondary N) is 1. The number of amidine groups is 1. The number of aryl methyl sites for hydroxylation is 1. The molecule has 0 aliphatic carbocycles. The van der Waals surface area contributed by atoms with Gasteiger partial charge >= 0.3 is 0 Å². The molecule has 3 rings (SSSR count). The van der Waals surface area contributed by atoms with Gasteiger partial charge in [-0.15, -0.1) is 0 Å². The molecule has 0 bridgehead atoms. The minimum atomic E-state index is 0.632. The molecule has 2 aliphatic heterocycles. The molecular formula is C14H17N7. The third kappa shape index (κ3) is 2.63. The molecule has 0 spiro atoms. The number of fused-ring (bicyclic) bond motifs is 1. The molecule has 0 aromatic carbocycles. The average Bonchev–Trinajstić information content (AvgIpc) is 3.05. The van der Waals surface area contributed by atoms with E-state index in [1.54, 1.807) is 10.8 Å². The lowest BCUT2D eigenvalue weighted by molar-refractivity contribution is -0.950. The highest BCUT2D eigenvalue weighted by Crippen LogP contribution is 2.10. The maximum Gasteiger partial charge on any atom is 0.166 e. The van der Waals surface area contributed by atoms with Gasteiger partial charge in [-0.3, -0.25) is 5.12 Å². The van der Waals surface area contributed by atoms with Gasteiger partial charge in [-0.1, -0.05) is 18.7 Å². The number of quaternary nitrogens is 1. The van der Waals surface area contributed by atoms with Crippen LogP contribution in [0, 0.1) is 6.92 Å². The van der Waals surface area contributed by atoms with Crippen molar-refractivity contribution in [1.82, 2.24) is 19.8 Å². The van der Waals surface area contributed by atoms with E-state index in [9.17, 15) is 0 Å². The van der Waals surface area contributed by atoms with E-state index in [1.165, 1.54) is 11.9 Å². The van der Waals surface area contributed by atoms with Gasteiger partial charge in [0.2, 0.25) is 0 Å². The summed E-state index contributed by atoms with van der Waals surface area (Å²) in [5.74, 6) is 1.67. The molecule has 3 heterocycles. The molecule has 1 N–H and O–H groups in total. The second-order valence-corrected chi connectivity index (χ2v) is 4.89. The summed E-state index contributed by atoms with van der Waals surface area (Å²) in [6.07, 6.45) is 11.3. The van der Waals surface area contributed by atoms with Crippen LogP contribution in [0.3, 0.4) is 0 Å². The van der Waals surface area contributed by atoms with Gasteiger partial charge in [-0.05, 0) is 25.5 Å². The molecule has 1 atom stereocenters. The minimum Gasteiger partial charge on any atom is -0.377 e. The summed E-state index contributed by atoms with van der Waals surface area (Å²) >= 11 is 0. The van der Waals surface area contributed by atoms with E-state index in [2.05, 4.69) is 27.3 Å². The fourth-order valence-electron chi connectivity index (χ4n) is 2.11. The number of hydrogen-bond acceptors (Lipinski definition) is 4. The maximum absolute atomic E-state index is 4.25. The fourth-order valence-corrected chi connectivity index (χ4v) is 2.11. The molecule has 0 fully saturated rings. The van der Waals surface area contributed by atoms with E-state index in [4.69, 9.17) is 0 Å². The van der Waals surface area contributed by atoms with E-state index in [-0.39, 0.29) is 0 Å². The van der Waals surface area contributed by atoms with Crippen molar-refractivity contribution in [1.29, 1.82) is 0 Å². The molecule has 7 nitrogen and oxygen atoms in total. The lowest BCUT2D eigenvalue weighted by Gasteiger charge is -2.30. The predicted molar refractivity (Wildman–Crippen MR) is 80.6 cm³/mol. The first-order valence-corrected chi connectivity index (χ1v) is 6.67. The zero-order valence-corrected chi connectivity index (χ0v) is 12.1. The molecule has 0 saturated heterocycles. The number of allylic oxidation sites excluding steroid dienone is 2. The van der Waals surface area contributed by atoms with Crippen LogP contribution in [0.1, 0.15) is 12.7 Å². The van der Waals surface area contributed by atoms with Gasteiger partial charge in [0.15, 0.2) is 5.84 Å². The molecule has 1 unspecified atom stereocenters. The largest absolute Gasteiger partial charge is 0.377 e. The number of rotatable bonds is 4. The van der Waals surface area contributed by atoms with Crippen LogP contribution in [0.15, 0.2) is 53.6 Å². The first kappa shape index (κ1) is 13.3. The van der Waals surface area contributed by atoms with E-state index in [0.29, 0.717) is 6.54 Å². The Morgan fingerprint density at radius 3 is 3.00 bits per heavy atom. The smallest absolute Gasteiger partial charge is 0.166 e. The van der Waals surface area contributed by atoms with Gasteiger partial charge in [0.25, 0.3) is 0 Å². The topological polar surface area (TPSA) is 64.8 Å². The summed E-state index contributed by atoms with van der Waals surface area (Å²) in [5, 5.41) is 11.2. The predicted octanol–water partition coefficient (Wildman–Crippen LogP) is 0.805. The Balaban J connectivity index is 1.77. The van der Waals surface area contributed by atoms with E-state index in [1.807, 2.05) is 43.4 Å². The number of hydrogen-bond donors (Lipinski definition) is 1. The molecule has 21 heavy (non-hydrogen) atoms. The van der Waals surface area contributed by atoms with Crippen LogP contribution in [-0.2, 0) is 0 Å². The summed E-state index contributed by atoms with van der Waals surface area (Å²) < 4.78 is 1.73. The van der Waals surface area contributed by atoms with Crippen molar-refractivity contribution in [3.8, 4) is 0 Å². The highest BCUT2D eigenvalue weighted by molar-refractivity contribution is 5.95. The van der Waals surface area contributed by atoms with Crippen molar-refractivity contribution in [2.45, 2.75) is 13.8 Å². The summed E-state index contributed by atoms with van der Waals surface area (Å²) in [7, 11) is 0. The molecule has 7 heteroatoms. The third-order valence-corrected chi connectivity index (χ3v) is 3.29. The lowest BCUT2D eigenvalue weighted by atomic mass is 10.2. The Morgan fingerprint density at radius 2 is 2.29 bits per heavy atom. The summed E-state index contributed by atoms with van der Waals surface area (Å²) in [5.41, 5.74) is 6.42. The van der Waals surface area contributed by atoms with Gasteiger partial charge < -0.3 is 10.6 Å². The fraction of sp³-hybridized carbons (Fsp3) is 0.214. The Bertz CT molecular complexity index is 677. The zero-order valence-electron chi connectivity index (χ0n) is 12.1. The molecule has 0 saturated carbocycles. The zero-order chi connectivity index (χ0) is 14.8. The second-order valence-electron chi connectivity index (χ2n) is 4.89. The second kappa shape index (κ2) is 5.37. The first-order chi connectivity index (χ1) is 10.2. The van der Waals surface area contributed by atoms with Crippen molar-refractivity contribution in [3.63, 3.8) is 0 Å². The van der Waals surface area contributed by atoms with Crippen LogP contribution in [0.25, 0.3) is 11.7 Å². The maximum atomic E-state index is 4.25. The van der Waals surface area contributed by atoms with Gasteiger partial charge in [-0.25, -0.2) is 9.67 Å². The lowest BCUT2D eigenvalue weighted by Crippen LogP contribution is -3.12. The van der Waals surface area contributed by atoms with Crippen LogP contribution < -0.4 is 5.12 Å². The Hall–Kier alpha value is -2.67. The number of nitrogens with zero attached hydrogens (tertiary/aromatic N) is 6. The monoisotopic (exact) mass is 283 g/mol.